The molecule has 0 bridgehead atoms. The van der Waals surface area contributed by atoms with Crippen molar-refractivity contribution >= 4 is 5.91 Å². The summed E-state index contributed by atoms with van der Waals surface area (Å²) in [4.78, 5) is 14.7. The molecule has 0 aromatic carbocycles. The molecule has 4 atom stereocenters. The molecule has 0 radical (unpaired) electrons. The van der Waals surface area contributed by atoms with Gasteiger partial charge in [-0.3, -0.25) is 4.79 Å². The van der Waals surface area contributed by atoms with Gasteiger partial charge in [-0.1, -0.05) is 13.3 Å². The molecule has 1 heterocycles. The largest absolute Gasteiger partial charge is 0.338 e. The molecule has 1 amide bonds. The fourth-order valence-electron chi connectivity index (χ4n) is 3.57. The second kappa shape index (κ2) is 6.02. The molecule has 1 saturated carbocycles. The summed E-state index contributed by atoms with van der Waals surface area (Å²) < 4.78 is 0. The number of nitrogens with two attached hydrogens (primary N) is 2. The van der Waals surface area contributed by atoms with Crippen LogP contribution in [0.25, 0.3) is 0 Å². The van der Waals surface area contributed by atoms with Crippen LogP contribution in [0.1, 0.15) is 45.4 Å². The number of hydrogen-bond acceptors (Lipinski definition) is 3. The van der Waals surface area contributed by atoms with Gasteiger partial charge in [-0.2, -0.15) is 0 Å². The van der Waals surface area contributed by atoms with Gasteiger partial charge in [0.25, 0.3) is 0 Å². The predicted octanol–water partition coefficient (Wildman–Crippen LogP) is 1.09. The fraction of sp³-hybridized carbons (Fsp3) is 0.929. The van der Waals surface area contributed by atoms with Gasteiger partial charge in [-0.25, -0.2) is 0 Å². The minimum Gasteiger partial charge on any atom is -0.338 e. The van der Waals surface area contributed by atoms with E-state index in [4.69, 9.17) is 11.5 Å². The first-order valence-electron chi connectivity index (χ1n) is 7.39. The van der Waals surface area contributed by atoms with Crippen LogP contribution in [-0.2, 0) is 4.79 Å². The van der Waals surface area contributed by atoms with Crippen LogP contribution in [0.15, 0.2) is 0 Å². The van der Waals surface area contributed by atoms with Crippen LogP contribution >= 0.6 is 0 Å². The summed E-state index contributed by atoms with van der Waals surface area (Å²) in [6.45, 7) is 3.69. The van der Waals surface area contributed by atoms with Crippen LogP contribution in [0.4, 0.5) is 0 Å². The van der Waals surface area contributed by atoms with Crippen LogP contribution in [0.2, 0.25) is 0 Å². The van der Waals surface area contributed by atoms with Gasteiger partial charge in [0.2, 0.25) is 5.91 Å². The summed E-state index contributed by atoms with van der Waals surface area (Å²) in [5.41, 5.74) is 11.9. The van der Waals surface area contributed by atoms with Crippen LogP contribution in [0.3, 0.4) is 0 Å². The van der Waals surface area contributed by atoms with Crippen molar-refractivity contribution in [2.24, 2.45) is 23.3 Å². The smallest absolute Gasteiger partial charge is 0.226 e. The number of likely N-dealkylation sites (tertiary alicyclic amines) is 1. The van der Waals surface area contributed by atoms with E-state index < -0.39 is 0 Å². The molecule has 104 valence electrons. The van der Waals surface area contributed by atoms with E-state index in [-0.39, 0.29) is 18.0 Å². The molecular weight excluding hydrogens is 226 g/mol. The Morgan fingerprint density at radius 3 is 2.72 bits per heavy atom. The molecular formula is C14H27N3O. The Kier molecular flexibility index (Phi) is 4.62. The Hall–Kier alpha value is -0.610. The molecule has 0 aromatic heterocycles. The van der Waals surface area contributed by atoms with Crippen LogP contribution in [0, 0.1) is 11.8 Å². The lowest BCUT2D eigenvalue weighted by atomic mass is 9.83. The summed E-state index contributed by atoms with van der Waals surface area (Å²) in [6, 6.07) is 0.454. The summed E-state index contributed by atoms with van der Waals surface area (Å²) in [5.74, 6) is 0.991. The second-order valence-electron chi connectivity index (χ2n) is 6.08. The molecule has 0 unspecified atom stereocenters. The number of carbonyl (C=O) groups is 1. The van der Waals surface area contributed by atoms with Crippen molar-refractivity contribution < 1.29 is 4.79 Å². The Bertz CT molecular complexity index is 295. The molecule has 2 aliphatic rings. The highest BCUT2D eigenvalue weighted by atomic mass is 16.2. The van der Waals surface area contributed by atoms with Crippen molar-refractivity contribution in [2.75, 3.05) is 13.1 Å². The number of rotatable bonds is 2. The lowest BCUT2D eigenvalue weighted by molar-refractivity contribution is -0.141. The molecule has 1 aliphatic heterocycles. The zero-order valence-corrected chi connectivity index (χ0v) is 11.5. The van der Waals surface area contributed by atoms with Crippen molar-refractivity contribution in [3.8, 4) is 0 Å². The quantitative estimate of drug-likeness (QED) is 0.774. The molecule has 1 saturated heterocycles. The van der Waals surface area contributed by atoms with Gasteiger partial charge in [0.15, 0.2) is 0 Å². The highest BCUT2D eigenvalue weighted by Gasteiger charge is 2.35. The number of amides is 1. The zero-order valence-electron chi connectivity index (χ0n) is 11.5. The van der Waals surface area contributed by atoms with Gasteiger partial charge in [0.05, 0.1) is 0 Å². The van der Waals surface area contributed by atoms with Crippen molar-refractivity contribution in [3.63, 3.8) is 0 Å². The summed E-state index contributed by atoms with van der Waals surface area (Å²) in [6.07, 6.45) is 6.34. The molecule has 2 fully saturated rings. The number of hydrogen-bond donors (Lipinski definition) is 2. The van der Waals surface area contributed by atoms with E-state index >= 15 is 0 Å². The summed E-state index contributed by atoms with van der Waals surface area (Å²) in [7, 11) is 0. The molecule has 2 rings (SSSR count). The summed E-state index contributed by atoms with van der Waals surface area (Å²) >= 11 is 0. The summed E-state index contributed by atoms with van der Waals surface area (Å²) in [5, 5.41) is 0. The molecule has 4 heteroatoms. The minimum absolute atomic E-state index is 0.146. The third kappa shape index (κ3) is 2.86. The van der Waals surface area contributed by atoms with Gasteiger partial charge < -0.3 is 16.4 Å². The highest BCUT2D eigenvalue weighted by Crippen LogP contribution is 2.29. The van der Waals surface area contributed by atoms with Gasteiger partial charge in [-0.15, -0.1) is 0 Å². The minimum atomic E-state index is 0.146. The standard InChI is InChI=1S/C14H27N3O/c1-10-4-3-7-17(13(10)9-15)14(18)11-5-2-6-12(16)8-11/h10-13H,2-9,15-16H2,1H3/t10-,11-,12-,13+/m1/s1. The average molecular weight is 253 g/mol. The Morgan fingerprint density at radius 1 is 1.28 bits per heavy atom. The van der Waals surface area contributed by atoms with Gasteiger partial charge in [0, 0.05) is 31.1 Å². The molecule has 1 aliphatic carbocycles. The topological polar surface area (TPSA) is 72.3 Å². The molecule has 0 spiro atoms. The third-order valence-electron chi connectivity index (χ3n) is 4.70. The van der Waals surface area contributed by atoms with E-state index in [0.717, 1.165) is 38.6 Å². The maximum atomic E-state index is 12.6. The van der Waals surface area contributed by atoms with Crippen LogP contribution in [-0.4, -0.2) is 36.0 Å². The molecule has 4 nitrogen and oxygen atoms in total. The maximum absolute atomic E-state index is 12.6. The Morgan fingerprint density at radius 2 is 2.06 bits per heavy atom. The van der Waals surface area contributed by atoms with Gasteiger partial charge in [0.1, 0.15) is 0 Å². The number of carbonyl (C=O) groups excluding carboxylic acids is 1. The first-order chi connectivity index (χ1) is 8.63. The zero-order chi connectivity index (χ0) is 13.1. The van der Waals surface area contributed by atoms with E-state index in [1.807, 2.05) is 0 Å². The van der Waals surface area contributed by atoms with Crippen molar-refractivity contribution in [2.45, 2.75) is 57.5 Å². The maximum Gasteiger partial charge on any atom is 0.226 e. The monoisotopic (exact) mass is 253 g/mol. The molecule has 0 aromatic rings. The fourth-order valence-corrected chi connectivity index (χ4v) is 3.57. The molecule has 18 heavy (non-hydrogen) atoms. The van der Waals surface area contributed by atoms with E-state index in [1.54, 1.807) is 0 Å². The van der Waals surface area contributed by atoms with Gasteiger partial charge >= 0.3 is 0 Å². The van der Waals surface area contributed by atoms with Crippen LogP contribution in [0.5, 0.6) is 0 Å². The normalized spacial score (nSPS) is 37.6. The van der Waals surface area contributed by atoms with Crippen molar-refractivity contribution in [3.05, 3.63) is 0 Å². The number of piperidine rings is 1. The van der Waals surface area contributed by atoms with E-state index in [2.05, 4.69) is 11.8 Å². The molecule has 4 N–H and O–H groups in total. The predicted molar refractivity (Wildman–Crippen MR) is 72.9 cm³/mol. The van der Waals surface area contributed by atoms with E-state index in [0.29, 0.717) is 18.4 Å². The Labute approximate surface area is 110 Å². The highest BCUT2D eigenvalue weighted by molar-refractivity contribution is 5.79. The number of nitrogens with zero attached hydrogens (tertiary/aromatic N) is 1. The lowest BCUT2D eigenvalue weighted by Crippen LogP contribution is -2.53. The van der Waals surface area contributed by atoms with E-state index in [1.165, 1.54) is 6.42 Å². The SMILES string of the molecule is C[C@@H]1CCCN(C(=O)[C@@H]2CCC[C@@H](N)C2)[C@H]1CN. The van der Waals surface area contributed by atoms with Gasteiger partial charge in [-0.05, 0) is 38.0 Å². The Balaban J connectivity index is 2.02. The van der Waals surface area contributed by atoms with E-state index in [9.17, 15) is 4.79 Å². The van der Waals surface area contributed by atoms with Crippen molar-refractivity contribution in [1.82, 2.24) is 4.90 Å². The average Bonchev–Trinajstić information content (AvgIpc) is 2.37. The third-order valence-corrected chi connectivity index (χ3v) is 4.70. The first-order valence-corrected chi connectivity index (χ1v) is 7.39. The lowest BCUT2D eigenvalue weighted by Gasteiger charge is -2.42. The van der Waals surface area contributed by atoms with Crippen molar-refractivity contribution in [1.29, 1.82) is 0 Å². The first kappa shape index (κ1) is 13.8. The van der Waals surface area contributed by atoms with Crippen LogP contribution < -0.4 is 11.5 Å². The second-order valence-corrected chi connectivity index (χ2v) is 6.08.